The number of carbonyl (C=O) groups excluding carboxylic acids is 1. The molecule has 144 valence electrons. The number of phenols is 1. The molecule has 0 aliphatic carbocycles. The van der Waals surface area contributed by atoms with Gasteiger partial charge in [-0.2, -0.15) is 0 Å². The van der Waals surface area contributed by atoms with Crippen molar-refractivity contribution < 1.29 is 15.0 Å². The van der Waals surface area contributed by atoms with E-state index in [0.717, 1.165) is 25.1 Å². The number of aryl methyl sites for hydroxylation is 1. The number of aliphatic hydroxyl groups excluding tert-OH is 1. The summed E-state index contributed by atoms with van der Waals surface area (Å²) in [5.41, 5.74) is 2.60. The van der Waals surface area contributed by atoms with E-state index in [1.807, 2.05) is 25.1 Å². The number of nitrogens with zero attached hydrogens (tertiary/aromatic N) is 2. The third-order valence-corrected chi connectivity index (χ3v) is 5.27. The maximum absolute atomic E-state index is 12.9. The molecular weight excluding hydrogens is 340 g/mol. The molecule has 1 aliphatic rings. The normalized spacial score (nSPS) is 17.9. The van der Waals surface area contributed by atoms with Crippen LogP contribution in [0.15, 0.2) is 48.5 Å². The van der Waals surface area contributed by atoms with Crippen molar-refractivity contribution in [3.05, 3.63) is 65.2 Å². The summed E-state index contributed by atoms with van der Waals surface area (Å²) < 4.78 is 0. The SMILES string of the molecule is Cc1ccc(O)c(C(=O)N2CCN(CCc3ccccc3)[C@H](CCO)C2)c1. The van der Waals surface area contributed by atoms with Gasteiger partial charge in [0, 0.05) is 38.8 Å². The number of amides is 1. The Morgan fingerprint density at radius 3 is 2.67 bits per heavy atom. The monoisotopic (exact) mass is 368 g/mol. The Labute approximate surface area is 160 Å². The fourth-order valence-electron chi connectivity index (χ4n) is 3.70. The zero-order valence-corrected chi connectivity index (χ0v) is 15.8. The van der Waals surface area contributed by atoms with Gasteiger partial charge in [-0.05, 0) is 37.5 Å². The number of hydrogen-bond donors (Lipinski definition) is 2. The zero-order chi connectivity index (χ0) is 19.2. The number of aliphatic hydroxyl groups is 1. The molecule has 1 fully saturated rings. The van der Waals surface area contributed by atoms with Crippen molar-refractivity contribution in [3.8, 4) is 5.75 Å². The third kappa shape index (κ3) is 4.87. The van der Waals surface area contributed by atoms with Crippen molar-refractivity contribution in [2.45, 2.75) is 25.8 Å². The third-order valence-electron chi connectivity index (χ3n) is 5.27. The molecule has 27 heavy (non-hydrogen) atoms. The number of aromatic hydroxyl groups is 1. The van der Waals surface area contributed by atoms with Crippen molar-refractivity contribution in [3.63, 3.8) is 0 Å². The Bertz CT molecular complexity index is 763. The Balaban J connectivity index is 1.66. The summed E-state index contributed by atoms with van der Waals surface area (Å²) in [5, 5.41) is 19.5. The van der Waals surface area contributed by atoms with Gasteiger partial charge >= 0.3 is 0 Å². The second-order valence-corrected chi connectivity index (χ2v) is 7.21. The van der Waals surface area contributed by atoms with Crippen LogP contribution in [0.1, 0.15) is 27.9 Å². The van der Waals surface area contributed by atoms with Crippen molar-refractivity contribution >= 4 is 5.91 Å². The maximum atomic E-state index is 12.9. The number of carbonyl (C=O) groups is 1. The molecular formula is C22H28N2O3. The van der Waals surface area contributed by atoms with Gasteiger partial charge < -0.3 is 15.1 Å². The first kappa shape index (κ1) is 19.4. The highest BCUT2D eigenvalue weighted by Crippen LogP contribution is 2.22. The van der Waals surface area contributed by atoms with Gasteiger partial charge in [-0.25, -0.2) is 0 Å². The molecule has 0 bridgehead atoms. The number of benzene rings is 2. The first-order valence-corrected chi connectivity index (χ1v) is 9.56. The van der Waals surface area contributed by atoms with Crippen molar-refractivity contribution in [1.29, 1.82) is 0 Å². The summed E-state index contributed by atoms with van der Waals surface area (Å²) in [5.74, 6) is -0.113. The number of piperazine rings is 1. The van der Waals surface area contributed by atoms with Crippen LogP contribution < -0.4 is 0 Å². The summed E-state index contributed by atoms with van der Waals surface area (Å²) >= 11 is 0. The Morgan fingerprint density at radius 2 is 1.93 bits per heavy atom. The molecule has 1 amide bonds. The summed E-state index contributed by atoms with van der Waals surface area (Å²) in [4.78, 5) is 17.1. The van der Waals surface area contributed by atoms with E-state index in [1.54, 1.807) is 23.1 Å². The minimum atomic E-state index is -0.137. The quantitative estimate of drug-likeness (QED) is 0.822. The molecule has 0 saturated carbocycles. The van der Waals surface area contributed by atoms with Crippen LogP contribution in [0.5, 0.6) is 5.75 Å². The number of rotatable bonds is 6. The van der Waals surface area contributed by atoms with E-state index in [1.165, 1.54) is 5.56 Å². The van der Waals surface area contributed by atoms with Gasteiger partial charge in [0.2, 0.25) is 0 Å². The highest BCUT2D eigenvalue weighted by Gasteiger charge is 2.30. The maximum Gasteiger partial charge on any atom is 0.257 e. The largest absolute Gasteiger partial charge is 0.507 e. The van der Waals surface area contributed by atoms with Gasteiger partial charge in [-0.15, -0.1) is 0 Å². The number of hydrogen-bond acceptors (Lipinski definition) is 4. The molecule has 1 heterocycles. The highest BCUT2D eigenvalue weighted by atomic mass is 16.3. The minimum absolute atomic E-state index is 0.0239. The van der Waals surface area contributed by atoms with Crippen LogP contribution >= 0.6 is 0 Å². The summed E-state index contributed by atoms with van der Waals surface area (Å²) in [6.45, 7) is 4.89. The second-order valence-electron chi connectivity index (χ2n) is 7.21. The van der Waals surface area contributed by atoms with Crippen LogP contribution in [-0.4, -0.2) is 64.7 Å². The van der Waals surface area contributed by atoms with Gasteiger partial charge in [-0.3, -0.25) is 9.69 Å². The van der Waals surface area contributed by atoms with Crippen molar-refractivity contribution in [2.24, 2.45) is 0 Å². The average Bonchev–Trinajstić information content (AvgIpc) is 2.69. The van der Waals surface area contributed by atoms with Crippen LogP contribution in [0.2, 0.25) is 0 Å². The molecule has 2 aromatic rings. The van der Waals surface area contributed by atoms with Gasteiger partial charge in [-0.1, -0.05) is 42.0 Å². The van der Waals surface area contributed by atoms with Crippen LogP contribution in [0.3, 0.4) is 0 Å². The second kappa shape index (κ2) is 9.02. The van der Waals surface area contributed by atoms with Gasteiger partial charge in [0.05, 0.1) is 5.56 Å². The van der Waals surface area contributed by atoms with E-state index >= 15 is 0 Å². The molecule has 3 rings (SSSR count). The predicted octanol–water partition coefficient (Wildman–Crippen LogP) is 2.45. The molecule has 1 aliphatic heterocycles. The molecule has 1 saturated heterocycles. The lowest BCUT2D eigenvalue weighted by molar-refractivity contribution is 0.0423. The Morgan fingerprint density at radius 1 is 1.15 bits per heavy atom. The first-order valence-electron chi connectivity index (χ1n) is 9.56. The molecule has 0 unspecified atom stereocenters. The van der Waals surface area contributed by atoms with E-state index < -0.39 is 0 Å². The highest BCUT2D eigenvalue weighted by molar-refractivity contribution is 5.97. The van der Waals surface area contributed by atoms with E-state index in [9.17, 15) is 15.0 Å². The first-order chi connectivity index (χ1) is 13.1. The minimum Gasteiger partial charge on any atom is -0.507 e. The summed E-state index contributed by atoms with van der Waals surface area (Å²) in [6.07, 6.45) is 1.59. The predicted molar refractivity (Wildman–Crippen MR) is 106 cm³/mol. The molecule has 5 heteroatoms. The molecule has 0 radical (unpaired) electrons. The number of phenolic OH excluding ortho intramolecular Hbond substituents is 1. The van der Waals surface area contributed by atoms with Gasteiger partial charge in [0.1, 0.15) is 5.75 Å². The van der Waals surface area contributed by atoms with Crippen molar-refractivity contribution in [2.75, 3.05) is 32.8 Å². The van der Waals surface area contributed by atoms with Crippen LogP contribution in [0.4, 0.5) is 0 Å². The van der Waals surface area contributed by atoms with Crippen LogP contribution in [-0.2, 0) is 6.42 Å². The molecule has 0 spiro atoms. The van der Waals surface area contributed by atoms with E-state index in [0.29, 0.717) is 25.1 Å². The lowest BCUT2D eigenvalue weighted by Crippen LogP contribution is -2.55. The van der Waals surface area contributed by atoms with E-state index in [2.05, 4.69) is 17.0 Å². The molecule has 1 atom stereocenters. The zero-order valence-electron chi connectivity index (χ0n) is 15.8. The molecule has 0 aromatic heterocycles. The van der Waals surface area contributed by atoms with Gasteiger partial charge in [0.25, 0.3) is 5.91 Å². The fraction of sp³-hybridized carbons (Fsp3) is 0.409. The van der Waals surface area contributed by atoms with Crippen molar-refractivity contribution in [1.82, 2.24) is 9.80 Å². The Kier molecular flexibility index (Phi) is 6.48. The molecule has 2 N–H and O–H groups in total. The van der Waals surface area contributed by atoms with E-state index in [4.69, 9.17) is 0 Å². The Hall–Kier alpha value is -2.37. The fourth-order valence-corrected chi connectivity index (χ4v) is 3.70. The average molecular weight is 368 g/mol. The van der Waals surface area contributed by atoms with Crippen LogP contribution in [0, 0.1) is 6.92 Å². The lowest BCUT2D eigenvalue weighted by Gasteiger charge is -2.41. The summed E-state index contributed by atoms with van der Waals surface area (Å²) in [6, 6.07) is 15.6. The van der Waals surface area contributed by atoms with Crippen LogP contribution in [0.25, 0.3) is 0 Å². The standard InChI is InChI=1S/C22H28N2O3/c1-17-7-8-21(26)20(15-17)22(27)24-13-12-23(19(16-24)10-14-25)11-9-18-5-3-2-4-6-18/h2-8,15,19,25-26H,9-14,16H2,1H3/t19-/m1/s1. The summed E-state index contributed by atoms with van der Waals surface area (Å²) in [7, 11) is 0. The van der Waals surface area contributed by atoms with Gasteiger partial charge in [0.15, 0.2) is 0 Å². The van der Waals surface area contributed by atoms with E-state index in [-0.39, 0.29) is 24.3 Å². The lowest BCUT2D eigenvalue weighted by atomic mass is 10.0. The molecule has 5 nitrogen and oxygen atoms in total. The smallest absolute Gasteiger partial charge is 0.257 e. The molecule has 2 aromatic carbocycles. The topological polar surface area (TPSA) is 64.0 Å².